The van der Waals surface area contributed by atoms with Crippen molar-refractivity contribution < 1.29 is 14.3 Å². The van der Waals surface area contributed by atoms with E-state index in [1.807, 2.05) is 49.4 Å². The van der Waals surface area contributed by atoms with E-state index in [0.717, 1.165) is 11.1 Å². The fourth-order valence-electron chi connectivity index (χ4n) is 4.17. The van der Waals surface area contributed by atoms with E-state index in [2.05, 4.69) is 20.7 Å². The number of benzene rings is 3. The predicted octanol–water partition coefficient (Wildman–Crippen LogP) is 6.10. The zero-order valence-corrected chi connectivity index (χ0v) is 21.5. The molecule has 0 aliphatic carbocycles. The molecular formula is C27H23Cl2N5O3. The third kappa shape index (κ3) is 5.12. The Bertz CT molecular complexity index is 1480. The van der Waals surface area contributed by atoms with E-state index >= 15 is 0 Å². The molecule has 0 spiro atoms. The number of anilines is 2. The average Bonchev–Trinajstić information content (AvgIpc) is 3.36. The smallest absolute Gasteiger partial charge is 0.255 e. The van der Waals surface area contributed by atoms with E-state index in [9.17, 15) is 4.79 Å². The number of carbonyl (C=O) groups excluding carboxylic acids is 1. The van der Waals surface area contributed by atoms with Crippen LogP contribution in [0.3, 0.4) is 0 Å². The SMILES string of the molecule is COc1cc([C@H]2C(C(=O)Nc3ccc(Cl)cc3)=C(C)Nc3ncnn32)ccc1OCc1ccccc1Cl. The first-order valence-electron chi connectivity index (χ1n) is 11.4. The summed E-state index contributed by atoms with van der Waals surface area (Å²) in [5.41, 5.74) is 3.41. The maximum atomic E-state index is 13.5. The van der Waals surface area contributed by atoms with Gasteiger partial charge in [0, 0.05) is 27.0 Å². The Labute approximate surface area is 223 Å². The Balaban J connectivity index is 1.47. The number of amides is 1. The summed E-state index contributed by atoms with van der Waals surface area (Å²) in [6.45, 7) is 2.12. The summed E-state index contributed by atoms with van der Waals surface area (Å²) in [6, 6.07) is 19.4. The van der Waals surface area contributed by atoms with Crippen LogP contribution in [0.15, 0.2) is 84.3 Å². The first kappa shape index (κ1) is 24.7. The van der Waals surface area contributed by atoms with Crippen molar-refractivity contribution in [2.45, 2.75) is 19.6 Å². The molecule has 188 valence electrons. The van der Waals surface area contributed by atoms with Gasteiger partial charge in [0.25, 0.3) is 5.91 Å². The molecule has 5 rings (SSSR count). The molecule has 0 radical (unpaired) electrons. The van der Waals surface area contributed by atoms with Gasteiger partial charge in [-0.05, 0) is 55.0 Å². The number of hydrogen-bond donors (Lipinski definition) is 2. The number of allylic oxidation sites excluding steroid dienone is 1. The molecule has 0 fully saturated rings. The van der Waals surface area contributed by atoms with Crippen molar-refractivity contribution in [1.82, 2.24) is 14.8 Å². The highest BCUT2D eigenvalue weighted by Crippen LogP contribution is 2.39. The number of fused-ring (bicyclic) bond motifs is 1. The van der Waals surface area contributed by atoms with E-state index in [-0.39, 0.29) is 12.5 Å². The summed E-state index contributed by atoms with van der Waals surface area (Å²) in [5.74, 6) is 1.31. The zero-order valence-electron chi connectivity index (χ0n) is 20.0. The Kier molecular flexibility index (Phi) is 7.03. The minimum absolute atomic E-state index is 0.281. The van der Waals surface area contributed by atoms with Crippen molar-refractivity contribution >= 4 is 40.7 Å². The van der Waals surface area contributed by atoms with Gasteiger partial charge in [0.15, 0.2) is 11.5 Å². The number of methoxy groups -OCH3 is 1. The highest BCUT2D eigenvalue weighted by molar-refractivity contribution is 6.31. The molecule has 1 aliphatic rings. The van der Waals surface area contributed by atoms with Gasteiger partial charge in [-0.25, -0.2) is 4.68 Å². The highest BCUT2D eigenvalue weighted by atomic mass is 35.5. The summed E-state index contributed by atoms with van der Waals surface area (Å²) in [5, 5.41) is 11.7. The molecule has 1 atom stereocenters. The summed E-state index contributed by atoms with van der Waals surface area (Å²) < 4.78 is 13.3. The Morgan fingerprint density at radius 3 is 2.62 bits per heavy atom. The minimum atomic E-state index is -0.558. The second-order valence-corrected chi connectivity index (χ2v) is 9.19. The molecule has 2 N–H and O–H groups in total. The fraction of sp³-hybridized carbons (Fsp3) is 0.148. The van der Waals surface area contributed by atoms with E-state index in [1.54, 1.807) is 36.1 Å². The highest BCUT2D eigenvalue weighted by Gasteiger charge is 2.34. The molecular weight excluding hydrogens is 513 g/mol. The van der Waals surface area contributed by atoms with Crippen LogP contribution in [0.2, 0.25) is 10.0 Å². The van der Waals surface area contributed by atoms with Crippen molar-refractivity contribution in [1.29, 1.82) is 0 Å². The predicted molar refractivity (Wildman–Crippen MR) is 143 cm³/mol. The van der Waals surface area contributed by atoms with Crippen LogP contribution < -0.4 is 20.1 Å². The molecule has 0 saturated heterocycles. The molecule has 37 heavy (non-hydrogen) atoms. The van der Waals surface area contributed by atoms with E-state index in [0.29, 0.717) is 44.5 Å². The fourth-order valence-corrected chi connectivity index (χ4v) is 4.49. The van der Waals surface area contributed by atoms with Crippen molar-refractivity contribution in [2.75, 3.05) is 17.7 Å². The van der Waals surface area contributed by atoms with E-state index in [1.165, 1.54) is 6.33 Å². The second kappa shape index (κ2) is 10.5. The van der Waals surface area contributed by atoms with Crippen LogP contribution in [-0.2, 0) is 11.4 Å². The maximum Gasteiger partial charge on any atom is 0.255 e. The third-order valence-electron chi connectivity index (χ3n) is 5.99. The number of aromatic nitrogens is 3. The summed E-state index contributed by atoms with van der Waals surface area (Å²) >= 11 is 12.3. The summed E-state index contributed by atoms with van der Waals surface area (Å²) in [4.78, 5) is 17.8. The van der Waals surface area contributed by atoms with Crippen LogP contribution in [0.25, 0.3) is 0 Å². The lowest BCUT2D eigenvalue weighted by Gasteiger charge is -2.29. The van der Waals surface area contributed by atoms with Crippen LogP contribution in [0.4, 0.5) is 11.6 Å². The number of rotatable bonds is 7. The molecule has 3 aromatic carbocycles. The van der Waals surface area contributed by atoms with Crippen LogP contribution in [0.5, 0.6) is 11.5 Å². The van der Waals surface area contributed by atoms with Crippen LogP contribution in [-0.4, -0.2) is 27.8 Å². The molecule has 4 aromatic rings. The van der Waals surface area contributed by atoms with Crippen LogP contribution in [0, 0.1) is 0 Å². The maximum absolute atomic E-state index is 13.5. The largest absolute Gasteiger partial charge is 0.493 e. The zero-order chi connectivity index (χ0) is 25.9. The second-order valence-electron chi connectivity index (χ2n) is 8.35. The molecule has 0 bridgehead atoms. The van der Waals surface area contributed by atoms with Gasteiger partial charge in [-0.15, -0.1) is 0 Å². The molecule has 1 aromatic heterocycles. The van der Waals surface area contributed by atoms with E-state index in [4.69, 9.17) is 32.7 Å². The summed E-state index contributed by atoms with van der Waals surface area (Å²) in [6.07, 6.45) is 1.45. The van der Waals surface area contributed by atoms with Gasteiger partial charge in [0.05, 0.1) is 12.7 Å². The molecule has 1 amide bonds. The van der Waals surface area contributed by atoms with Crippen LogP contribution in [0.1, 0.15) is 24.1 Å². The Morgan fingerprint density at radius 2 is 1.86 bits per heavy atom. The minimum Gasteiger partial charge on any atom is -0.493 e. The summed E-state index contributed by atoms with van der Waals surface area (Å²) in [7, 11) is 1.57. The van der Waals surface area contributed by atoms with Crippen LogP contribution >= 0.6 is 23.2 Å². The Morgan fingerprint density at radius 1 is 1.08 bits per heavy atom. The van der Waals surface area contributed by atoms with Gasteiger partial charge < -0.3 is 20.1 Å². The van der Waals surface area contributed by atoms with Crippen molar-refractivity contribution in [3.63, 3.8) is 0 Å². The topological polar surface area (TPSA) is 90.3 Å². The third-order valence-corrected chi connectivity index (χ3v) is 6.61. The van der Waals surface area contributed by atoms with Crippen molar-refractivity contribution in [3.05, 3.63) is 105 Å². The lowest BCUT2D eigenvalue weighted by molar-refractivity contribution is -0.113. The lowest BCUT2D eigenvalue weighted by Crippen LogP contribution is -2.31. The molecule has 10 heteroatoms. The van der Waals surface area contributed by atoms with Gasteiger partial charge >= 0.3 is 0 Å². The number of ether oxygens (including phenoxy) is 2. The number of halogens is 2. The van der Waals surface area contributed by atoms with Gasteiger partial charge in [-0.3, -0.25) is 4.79 Å². The normalized spacial score (nSPS) is 14.5. The molecule has 8 nitrogen and oxygen atoms in total. The molecule has 0 unspecified atom stereocenters. The first-order chi connectivity index (χ1) is 17.9. The van der Waals surface area contributed by atoms with Crippen molar-refractivity contribution in [2.24, 2.45) is 0 Å². The Hall–Kier alpha value is -4.01. The van der Waals surface area contributed by atoms with Gasteiger partial charge in [0.2, 0.25) is 5.95 Å². The van der Waals surface area contributed by atoms with Gasteiger partial charge in [-0.2, -0.15) is 10.1 Å². The molecule has 2 heterocycles. The lowest BCUT2D eigenvalue weighted by atomic mass is 9.94. The number of hydrogen-bond acceptors (Lipinski definition) is 6. The number of carbonyl (C=O) groups is 1. The first-order valence-corrected chi connectivity index (χ1v) is 12.2. The quantitative estimate of drug-likeness (QED) is 0.297. The standard InChI is InChI=1S/C27H23Cl2N5O3/c1-16-24(26(35)33-20-10-8-19(28)9-11-20)25(34-27(32-16)30-15-31-34)17-7-12-22(23(13-17)36-2)37-14-18-5-3-4-6-21(18)29/h3-13,15,25H,14H2,1-2H3,(H,33,35)(H,30,31,32)/t25-/m0/s1. The molecule has 1 aliphatic heterocycles. The number of nitrogens with zero attached hydrogens (tertiary/aromatic N) is 3. The van der Waals surface area contributed by atoms with Gasteiger partial charge in [0.1, 0.15) is 19.0 Å². The molecule has 0 saturated carbocycles. The van der Waals surface area contributed by atoms with Gasteiger partial charge in [-0.1, -0.05) is 47.5 Å². The van der Waals surface area contributed by atoms with E-state index < -0.39 is 6.04 Å². The number of nitrogens with one attached hydrogen (secondary N) is 2. The van der Waals surface area contributed by atoms with Crippen molar-refractivity contribution in [3.8, 4) is 11.5 Å². The average molecular weight is 536 g/mol. The monoisotopic (exact) mass is 535 g/mol.